The van der Waals surface area contributed by atoms with Gasteiger partial charge in [-0.1, -0.05) is 19.1 Å². The van der Waals surface area contributed by atoms with Crippen LogP contribution in [0.5, 0.6) is 5.75 Å². The minimum Gasteiger partial charge on any atom is -0.497 e. The monoisotopic (exact) mass is 383 g/mol. The van der Waals surface area contributed by atoms with Crippen LogP contribution < -0.4 is 9.46 Å². The minimum absolute atomic E-state index is 0.0286. The highest BCUT2D eigenvalue weighted by atomic mass is 32.2. The van der Waals surface area contributed by atoms with Gasteiger partial charge in [-0.25, -0.2) is 21.6 Å². The van der Waals surface area contributed by atoms with Crippen LogP contribution in [0.25, 0.3) is 0 Å². The third kappa shape index (κ3) is 5.04. The Kier molecular flexibility index (Phi) is 6.21. The van der Waals surface area contributed by atoms with Crippen LogP contribution in [0.4, 0.5) is 0 Å². The Labute approximate surface area is 148 Å². The van der Waals surface area contributed by atoms with Crippen LogP contribution in [0.2, 0.25) is 0 Å². The Morgan fingerprint density at radius 3 is 1.96 bits per heavy atom. The molecule has 0 fully saturated rings. The standard InChI is InChI=1S/C17H21NO5S2/c1-3-24(19,20)16-8-10-17(11-9-16)25(21,22)18-13-12-14-4-6-15(23-2)7-5-14/h4-11,18H,3,12-13H2,1-2H3. The molecule has 0 spiro atoms. The molecular weight excluding hydrogens is 362 g/mol. The molecule has 0 radical (unpaired) electrons. The number of hydrogen-bond acceptors (Lipinski definition) is 5. The van der Waals surface area contributed by atoms with E-state index in [-0.39, 0.29) is 22.1 Å². The van der Waals surface area contributed by atoms with Gasteiger partial charge < -0.3 is 4.74 Å². The zero-order chi connectivity index (χ0) is 18.5. The number of ether oxygens (including phenoxy) is 1. The molecule has 2 rings (SSSR count). The number of rotatable bonds is 8. The van der Waals surface area contributed by atoms with Crippen LogP contribution in [-0.4, -0.2) is 36.2 Å². The molecule has 0 aliphatic carbocycles. The predicted octanol–water partition coefficient (Wildman–Crippen LogP) is 2.01. The summed E-state index contributed by atoms with van der Waals surface area (Å²) in [5, 5.41) is 0. The predicted molar refractivity (Wildman–Crippen MR) is 96.1 cm³/mol. The molecule has 0 bridgehead atoms. The zero-order valence-corrected chi connectivity index (χ0v) is 15.7. The van der Waals surface area contributed by atoms with E-state index >= 15 is 0 Å². The van der Waals surface area contributed by atoms with Gasteiger partial charge in [-0.2, -0.15) is 0 Å². The van der Waals surface area contributed by atoms with Gasteiger partial charge in [0.25, 0.3) is 0 Å². The normalized spacial score (nSPS) is 12.1. The second kappa shape index (κ2) is 7.99. The second-order valence-electron chi connectivity index (χ2n) is 5.37. The lowest BCUT2D eigenvalue weighted by Crippen LogP contribution is -2.26. The number of hydrogen-bond donors (Lipinski definition) is 1. The highest BCUT2D eigenvalue weighted by Gasteiger charge is 2.16. The summed E-state index contributed by atoms with van der Waals surface area (Å²) < 4.78 is 55.7. The van der Waals surface area contributed by atoms with Gasteiger partial charge in [0.05, 0.1) is 22.7 Å². The summed E-state index contributed by atoms with van der Waals surface area (Å²) >= 11 is 0. The van der Waals surface area contributed by atoms with Crippen LogP contribution in [-0.2, 0) is 26.3 Å². The largest absolute Gasteiger partial charge is 0.497 e. The smallest absolute Gasteiger partial charge is 0.240 e. The van der Waals surface area contributed by atoms with Crippen LogP contribution in [0.15, 0.2) is 58.3 Å². The Bertz CT molecular complexity index is 903. The molecule has 0 aliphatic heterocycles. The maximum Gasteiger partial charge on any atom is 0.240 e. The second-order valence-corrected chi connectivity index (χ2v) is 9.42. The Balaban J connectivity index is 2.01. The molecule has 2 aromatic rings. The van der Waals surface area contributed by atoms with Crippen molar-refractivity contribution < 1.29 is 21.6 Å². The maximum atomic E-state index is 12.3. The van der Waals surface area contributed by atoms with Gasteiger partial charge in [0.15, 0.2) is 9.84 Å². The van der Waals surface area contributed by atoms with Gasteiger partial charge >= 0.3 is 0 Å². The molecule has 25 heavy (non-hydrogen) atoms. The summed E-state index contributed by atoms with van der Waals surface area (Å²) in [5.41, 5.74) is 0.980. The molecule has 0 amide bonds. The van der Waals surface area contributed by atoms with Crippen LogP contribution >= 0.6 is 0 Å². The lowest BCUT2D eigenvalue weighted by Gasteiger charge is -2.08. The molecule has 8 heteroatoms. The molecule has 2 aromatic carbocycles. The van der Waals surface area contributed by atoms with Gasteiger partial charge in [-0.15, -0.1) is 0 Å². The fourth-order valence-electron chi connectivity index (χ4n) is 2.20. The van der Waals surface area contributed by atoms with Crippen LogP contribution in [0.3, 0.4) is 0 Å². The van der Waals surface area contributed by atoms with E-state index < -0.39 is 19.9 Å². The Morgan fingerprint density at radius 2 is 1.44 bits per heavy atom. The minimum atomic E-state index is -3.68. The van der Waals surface area contributed by atoms with Crippen molar-refractivity contribution in [1.82, 2.24) is 4.72 Å². The molecule has 0 heterocycles. The number of methoxy groups -OCH3 is 1. The van der Waals surface area contributed by atoms with Crippen molar-refractivity contribution in [3.05, 3.63) is 54.1 Å². The van der Waals surface area contributed by atoms with E-state index in [4.69, 9.17) is 4.74 Å². The van der Waals surface area contributed by atoms with Gasteiger partial charge in [0.1, 0.15) is 5.75 Å². The summed E-state index contributed by atoms with van der Waals surface area (Å²) in [6, 6.07) is 12.6. The molecule has 6 nitrogen and oxygen atoms in total. The molecule has 0 saturated heterocycles. The number of benzene rings is 2. The molecule has 1 N–H and O–H groups in total. The molecule has 136 valence electrons. The Morgan fingerprint density at radius 1 is 0.880 bits per heavy atom. The number of nitrogens with one attached hydrogen (secondary N) is 1. The fraction of sp³-hybridized carbons (Fsp3) is 0.294. The van der Waals surface area contributed by atoms with Crippen molar-refractivity contribution in [2.45, 2.75) is 23.1 Å². The zero-order valence-electron chi connectivity index (χ0n) is 14.1. The van der Waals surface area contributed by atoms with Crippen molar-refractivity contribution >= 4 is 19.9 Å². The maximum absolute atomic E-state index is 12.3. The van der Waals surface area contributed by atoms with Crippen molar-refractivity contribution in [2.24, 2.45) is 0 Å². The quantitative estimate of drug-likeness (QED) is 0.753. The van der Waals surface area contributed by atoms with Gasteiger partial charge in [-0.3, -0.25) is 0 Å². The topological polar surface area (TPSA) is 89.5 Å². The average Bonchev–Trinajstić information content (AvgIpc) is 2.62. The van der Waals surface area contributed by atoms with Gasteiger partial charge in [-0.05, 0) is 48.4 Å². The SMILES string of the molecule is CCS(=O)(=O)c1ccc(S(=O)(=O)NCCc2ccc(OC)cc2)cc1. The molecule has 0 saturated carbocycles. The van der Waals surface area contributed by atoms with E-state index in [1.54, 1.807) is 14.0 Å². The van der Waals surface area contributed by atoms with E-state index in [0.717, 1.165) is 11.3 Å². The third-order valence-electron chi connectivity index (χ3n) is 3.74. The average molecular weight is 383 g/mol. The van der Waals surface area contributed by atoms with E-state index in [2.05, 4.69) is 4.72 Å². The first-order chi connectivity index (χ1) is 11.8. The molecular formula is C17H21NO5S2. The van der Waals surface area contributed by atoms with Crippen molar-refractivity contribution in [3.63, 3.8) is 0 Å². The van der Waals surface area contributed by atoms with E-state index in [1.807, 2.05) is 24.3 Å². The highest BCUT2D eigenvalue weighted by Crippen LogP contribution is 2.16. The van der Waals surface area contributed by atoms with Gasteiger partial charge in [0.2, 0.25) is 10.0 Å². The first kappa shape index (κ1) is 19.4. The summed E-state index contributed by atoms with van der Waals surface area (Å²) in [7, 11) is -5.44. The van der Waals surface area contributed by atoms with Gasteiger partial charge in [0, 0.05) is 6.54 Å². The fourth-order valence-corrected chi connectivity index (χ4v) is 4.11. The lowest BCUT2D eigenvalue weighted by molar-refractivity contribution is 0.414. The number of sulfone groups is 1. The van der Waals surface area contributed by atoms with Crippen LogP contribution in [0.1, 0.15) is 12.5 Å². The lowest BCUT2D eigenvalue weighted by atomic mass is 10.1. The summed E-state index contributed by atoms with van der Waals surface area (Å²) in [6.45, 7) is 1.78. The first-order valence-corrected chi connectivity index (χ1v) is 10.9. The van der Waals surface area contributed by atoms with E-state index in [1.165, 1.54) is 24.3 Å². The summed E-state index contributed by atoms with van der Waals surface area (Å²) in [6.07, 6.45) is 0.533. The first-order valence-electron chi connectivity index (χ1n) is 7.74. The summed E-state index contributed by atoms with van der Waals surface area (Å²) in [4.78, 5) is 0.157. The molecule has 0 aliphatic rings. The highest BCUT2D eigenvalue weighted by molar-refractivity contribution is 7.91. The van der Waals surface area contributed by atoms with Crippen molar-refractivity contribution in [1.29, 1.82) is 0 Å². The molecule has 0 atom stereocenters. The van der Waals surface area contributed by atoms with E-state index in [0.29, 0.717) is 6.42 Å². The third-order valence-corrected chi connectivity index (χ3v) is 6.97. The molecule has 0 aromatic heterocycles. The van der Waals surface area contributed by atoms with E-state index in [9.17, 15) is 16.8 Å². The van der Waals surface area contributed by atoms with Crippen molar-refractivity contribution in [2.75, 3.05) is 19.4 Å². The Hall–Kier alpha value is -1.90. The number of sulfonamides is 1. The van der Waals surface area contributed by atoms with Crippen molar-refractivity contribution in [3.8, 4) is 5.75 Å². The molecule has 0 unspecified atom stereocenters. The summed E-state index contributed by atoms with van der Waals surface area (Å²) in [5.74, 6) is 0.714. The van der Waals surface area contributed by atoms with Crippen LogP contribution in [0, 0.1) is 0 Å².